The Bertz CT molecular complexity index is 320. The van der Waals surface area contributed by atoms with E-state index in [1.165, 1.54) is 25.7 Å². The van der Waals surface area contributed by atoms with Crippen LogP contribution in [0.4, 0.5) is 0 Å². The molecule has 0 radical (unpaired) electrons. The number of hydrogen-bond donors (Lipinski definition) is 1. The molecule has 1 atom stereocenters. The number of nitrogens with zero attached hydrogens (tertiary/aromatic N) is 2. The van der Waals surface area contributed by atoms with Gasteiger partial charge >= 0.3 is 0 Å². The summed E-state index contributed by atoms with van der Waals surface area (Å²) < 4.78 is 5.06. The van der Waals surface area contributed by atoms with E-state index in [9.17, 15) is 0 Å². The minimum Gasteiger partial charge on any atom is -0.339 e. The van der Waals surface area contributed by atoms with Crippen LogP contribution in [0.5, 0.6) is 0 Å². The lowest BCUT2D eigenvalue weighted by molar-refractivity contribution is 0.265. The minimum absolute atomic E-state index is 0.606. The van der Waals surface area contributed by atoms with Crippen LogP contribution in [0.25, 0.3) is 0 Å². The van der Waals surface area contributed by atoms with E-state index in [4.69, 9.17) is 4.52 Å². The van der Waals surface area contributed by atoms with Gasteiger partial charge in [0.2, 0.25) is 5.89 Å². The second-order valence-electron chi connectivity index (χ2n) is 4.87. The molecule has 90 valence electrons. The molecule has 2 rings (SSSR count). The van der Waals surface area contributed by atoms with Crippen LogP contribution in [0.15, 0.2) is 4.52 Å². The largest absolute Gasteiger partial charge is 0.339 e. The van der Waals surface area contributed by atoms with E-state index < -0.39 is 0 Å². The normalized spacial score (nSPS) is 18.4. The molecule has 1 unspecified atom stereocenters. The first-order valence-electron chi connectivity index (χ1n) is 6.26. The molecule has 1 aromatic rings. The average molecular weight is 223 g/mol. The Kier molecular flexibility index (Phi) is 3.93. The first-order valence-corrected chi connectivity index (χ1v) is 6.26. The predicted molar refractivity (Wildman–Crippen MR) is 62.2 cm³/mol. The van der Waals surface area contributed by atoms with Crippen molar-refractivity contribution in [3.8, 4) is 0 Å². The monoisotopic (exact) mass is 223 g/mol. The smallest absolute Gasteiger partial charge is 0.227 e. The number of aromatic nitrogens is 2. The van der Waals surface area contributed by atoms with Crippen molar-refractivity contribution >= 4 is 0 Å². The van der Waals surface area contributed by atoms with Gasteiger partial charge in [-0.25, -0.2) is 0 Å². The van der Waals surface area contributed by atoms with E-state index in [0.29, 0.717) is 6.04 Å². The maximum atomic E-state index is 5.06. The Morgan fingerprint density at radius 3 is 2.88 bits per heavy atom. The molecule has 0 amide bonds. The summed E-state index contributed by atoms with van der Waals surface area (Å²) in [6, 6.07) is 0.606. The summed E-state index contributed by atoms with van der Waals surface area (Å²) in [7, 11) is 0. The molecule has 0 aliphatic heterocycles. The fraction of sp³-hybridized carbons (Fsp3) is 0.833. The van der Waals surface area contributed by atoms with Crippen LogP contribution in [0.3, 0.4) is 0 Å². The first kappa shape index (κ1) is 11.6. The van der Waals surface area contributed by atoms with Gasteiger partial charge in [-0.15, -0.1) is 0 Å². The van der Waals surface area contributed by atoms with Crippen LogP contribution < -0.4 is 5.32 Å². The molecular formula is C12H21N3O. The molecule has 0 saturated heterocycles. The third-order valence-electron chi connectivity index (χ3n) is 3.31. The zero-order chi connectivity index (χ0) is 11.4. The molecule has 1 N–H and O–H groups in total. The van der Waals surface area contributed by atoms with Crippen molar-refractivity contribution in [2.45, 2.75) is 52.0 Å². The number of rotatable bonds is 6. The fourth-order valence-corrected chi connectivity index (χ4v) is 2.18. The van der Waals surface area contributed by atoms with E-state index in [1.54, 1.807) is 0 Å². The maximum absolute atomic E-state index is 5.06. The van der Waals surface area contributed by atoms with Crippen LogP contribution in [0.1, 0.15) is 44.3 Å². The summed E-state index contributed by atoms with van der Waals surface area (Å²) in [5.74, 6) is 2.42. The van der Waals surface area contributed by atoms with Crippen molar-refractivity contribution in [1.29, 1.82) is 0 Å². The summed E-state index contributed by atoms with van der Waals surface area (Å²) in [6.45, 7) is 5.03. The number of aryl methyl sites for hydroxylation is 1. The summed E-state index contributed by atoms with van der Waals surface area (Å²) in [4.78, 5) is 4.18. The van der Waals surface area contributed by atoms with Crippen molar-refractivity contribution in [2.24, 2.45) is 5.92 Å². The molecule has 4 heteroatoms. The third-order valence-corrected chi connectivity index (χ3v) is 3.31. The molecule has 1 aliphatic carbocycles. The molecule has 4 nitrogen and oxygen atoms in total. The molecule has 0 spiro atoms. The molecule has 16 heavy (non-hydrogen) atoms. The summed E-state index contributed by atoms with van der Waals surface area (Å²) in [5, 5.41) is 7.28. The van der Waals surface area contributed by atoms with Gasteiger partial charge in [0.05, 0.1) is 0 Å². The van der Waals surface area contributed by atoms with E-state index in [-0.39, 0.29) is 0 Å². The summed E-state index contributed by atoms with van der Waals surface area (Å²) in [6.07, 6.45) is 6.42. The van der Waals surface area contributed by atoms with Gasteiger partial charge in [0, 0.05) is 19.0 Å². The zero-order valence-electron chi connectivity index (χ0n) is 10.2. The van der Waals surface area contributed by atoms with E-state index in [2.05, 4.69) is 22.4 Å². The Balaban J connectivity index is 1.59. The van der Waals surface area contributed by atoms with Crippen molar-refractivity contribution in [3.05, 3.63) is 11.7 Å². The molecule has 1 heterocycles. The quantitative estimate of drug-likeness (QED) is 0.802. The van der Waals surface area contributed by atoms with E-state index in [1.807, 2.05) is 6.92 Å². The second kappa shape index (κ2) is 5.43. The highest BCUT2D eigenvalue weighted by atomic mass is 16.5. The number of hydrogen-bond acceptors (Lipinski definition) is 4. The van der Waals surface area contributed by atoms with Crippen molar-refractivity contribution in [1.82, 2.24) is 15.5 Å². The Morgan fingerprint density at radius 1 is 1.50 bits per heavy atom. The second-order valence-corrected chi connectivity index (χ2v) is 4.87. The fourth-order valence-electron chi connectivity index (χ4n) is 2.18. The van der Waals surface area contributed by atoms with Gasteiger partial charge in [-0.3, -0.25) is 0 Å². The summed E-state index contributed by atoms with van der Waals surface area (Å²) in [5.41, 5.74) is 0. The Morgan fingerprint density at radius 2 is 2.31 bits per heavy atom. The lowest BCUT2D eigenvalue weighted by atomic mass is 9.81. The minimum atomic E-state index is 0.606. The lowest BCUT2D eigenvalue weighted by Crippen LogP contribution is -2.31. The highest BCUT2D eigenvalue weighted by molar-refractivity contribution is 4.84. The van der Waals surface area contributed by atoms with Crippen molar-refractivity contribution in [3.63, 3.8) is 0 Å². The molecule has 1 aromatic heterocycles. The molecular weight excluding hydrogens is 202 g/mol. The first-order chi connectivity index (χ1) is 7.74. The van der Waals surface area contributed by atoms with Crippen LogP contribution in [0.2, 0.25) is 0 Å². The average Bonchev–Trinajstić information content (AvgIpc) is 2.58. The molecule has 0 bridgehead atoms. The highest BCUT2D eigenvalue weighted by Crippen LogP contribution is 2.30. The standard InChI is InChI=1S/C12H21N3O/c1-9(8-11-4-3-5-11)13-7-6-12-14-10(2)15-16-12/h9,11,13H,3-8H2,1-2H3. The molecule has 1 aliphatic rings. The maximum Gasteiger partial charge on any atom is 0.227 e. The lowest BCUT2D eigenvalue weighted by Gasteiger charge is -2.28. The van der Waals surface area contributed by atoms with Crippen LogP contribution >= 0.6 is 0 Å². The molecule has 0 aromatic carbocycles. The Hall–Kier alpha value is -0.900. The van der Waals surface area contributed by atoms with Crippen molar-refractivity contribution < 1.29 is 4.52 Å². The van der Waals surface area contributed by atoms with Gasteiger partial charge < -0.3 is 9.84 Å². The van der Waals surface area contributed by atoms with Gasteiger partial charge in [0.1, 0.15) is 0 Å². The predicted octanol–water partition coefficient (Wildman–Crippen LogP) is 2.09. The highest BCUT2D eigenvalue weighted by Gasteiger charge is 2.19. The number of nitrogens with one attached hydrogen (secondary N) is 1. The van der Waals surface area contributed by atoms with Gasteiger partial charge in [-0.2, -0.15) is 4.98 Å². The molecule has 1 fully saturated rings. The van der Waals surface area contributed by atoms with Gasteiger partial charge in [-0.05, 0) is 26.2 Å². The van der Waals surface area contributed by atoms with Crippen LogP contribution in [-0.2, 0) is 6.42 Å². The van der Waals surface area contributed by atoms with Crippen LogP contribution in [0, 0.1) is 12.8 Å². The van der Waals surface area contributed by atoms with Crippen molar-refractivity contribution in [2.75, 3.05) is 6.54 Å². The zero-order valence-corrected chi connectivity index (χ0v) is 10.2. The third kappa shape index (κ3) is 3.30. The summed E-state index contributed by atoms with van der Waals surface area (Å²) >= 11 is 0. The molecule has 1 saturated carbocycles. The van der Waals surface area contributed by atoms with Gasteiger partial charge in [0.25, 0.3) is 0 Å². The van der Waals surface area contributed by atoms with E-state index in [0.717, 1.165) is 30.6 Å². The Labute approximate surface area is 96.8 Å². The van der Waals surface area contributed by atoms with E-state index >= 15 is 0 Å². The van der Waals surface area contributed by atoms with Gasteiger partial charge in [0.15, 0.2) is 5.82 Å². The SMILES string of the molecule is Cc1noc(CCNC(C)CC2CCC2)n1. The van der Waals surface area contributed by atoms with Gasteiger partial charge in [-0.1, -0.05) is 24.4 Å². The topological polar surface area (TPSA) is 51.0 Å². The van der Waals surface area contributed by atoms with Crippen LogP contribution in [-0.4, -0.2) is 22.7 Å².